The summed E-state index contributed by atoms with van der Waals surface area (Å²) in [5.74, 6) is -0.160. The van der Waals surface area contributed by atoms with Gasteiger partial charge in [0.1, 0.15) is 11.2 Å². The Hall–Kier alpha value is -2.25. The maximum atomic E-state index is 13.0. The molecule has 7 heteroatoms. The number of hydrogen-bond acceptors (Lipinski definition) is 5. The van der Waals surface area contributed by atoms with Crippen LogP contribution in [0.2, 0.25) is 0 Å². The first-order chi connectivity index (χ1) is 11.7. The summed E-state index contributed by atoms with van der Waals surface area (Å²) in [7, 11) is 0. The lowest BCUT2D eigenvalue weighted by atomic mass is 10.1. The number of aliphatic hydroxyl groups excluding tert-OH is 1. The van der Waals surface area contributed by atoms with E-state index in [0.717, 1.165) is 6.42 Å². The Morgan fingerprint density at radius 3 is 3.08 bits per heavy atom. The fourth-order valence-corrected chi connectivity index (χ4v) is 3.78. The Labute approximate surface area is 138 Å². The number of amides is 1. The van der Waals surface area contributed by atoms with Crippen LogP contribution in [0.15, 0.2) is 35.4 Å². The highest BCUT2D eigenvalue weighted by Crippen LogP contribution is 2.34. The lowest BCUT2D eigenvalue weighted by Crippen LogP contribution is -2.52. The van der Waals surface area contributed by atoms with Crippen molar-refractivity contribution in [1.29, 1.82) is 0 Å². The molecule has 24 heavy (non-hydrogen) atoms. The minimum absolute atomic E-state index is 0.0592. The lowest BCUT2D eigenvalue weighted by Gasteiger charge is -2.37. The van der Waals surface area contributed by atoms with Crippen LogP contribution >= 0.6 is 0 Å². The van der Waals surface area contributed by atoms with Crippen LogP contribution in [0.5, 0.6) is 0 Å². The monoisotopic (exact) mass is 329 g/mol. The minimum atomic E-state index is -0.356. The van der Waals surface area contributed by atoms with Crippen molar-refractivity contribution in [3.63, 3.8) is 0 Å². The number of fused-ring (bicyclic) bond motifs is 2. The van der Waals surface area contributed by atoms with Crippen molar-refractivity contribution in [3.8, 4) is 0 Å². The number of nitrogens with zero attached hydrogens (tertiary/aromatic N) is 3. The van der Waals surface area contributed by atoms with Crippen LogP contribution in [-0.2, 0) is 4.74 Å². The number of aromatic nitrogens is 2. The molecule has 3 heterocycles. The first kappa shape index (κ1) is 15.3. The standard InChI is InChI=1S/C17H19N3O4/c21-10-11-7-13-14(8-11)24-6-5-19(13)16(22)12-9-18-15-3-1-2-4-20(15)17(12)23/h1-4,9,11,13-14,21H,5-8,10H2/t11-,13+,14?/m1/s1. The van der Waals surface area contributed by atoms with Crippen molar-refractivity contribution in [2.75, 3.05) is 19.8 Å². The fraction of sp³-hybridized carbons (Fsp3) is 0.471. The van der Waals surface area contributed by atoms with Crippen molar-refractivity contribution in [2.45, 2.75) is 25.0 Å². The van der Waals surface area contributed by atoms with E-state index < -0.39 is 0 Å². The van der Waals surface area contributed by atoms with Crippen LogP contribution in [0.1, 0.15) is 23.2 Å². The highest BCUT2D eigenvalue weighted by molar-refractivity contribution is 5.94. The Bertz CT molecular complexity index is 834. The van der Waals surface area contributed by atoms with Gasteiger partial charge in [0, 0.05) is 25.5 Å². The average molecular weight is 329 g/mol. The number of morpholine rings is 1. The van der Waals surface area contributed by atoms with Gasteiger partial charge in [-0.05, 0) is 30.9 Å². The number of carbonyl (C=O) groups is 1. The number of carbonyl (C=O) groups excluding carboxylic acids is 1. The van der Waals surface area contributed by atoms with E-state index in [0.29, 0.717) is 25.2 Å². The summed E-state index contributed by atoms with van der Waals surface area (Å²) in [6.45, 7) is 1.00. The molecule has 7 nitrogen and oxygen atoms in total. The van der Waals surface area contributed by atoms with Gasteiger partial charge in [-0.15, -0.1) is 0 Å². The quantitative estimate of drug-likeness (QED) is 0.857. The molecule has 1 saturated carbocycles. The second kappa shape index (κ2) is 5.99. The minimum Gasteiger partial charge on any atom is -0.396 e. The van der Waals surface area contributed by atoms with Crippen LogP contribution in [0.25, 0.3) is 5.65 Å². The summed E-state index contributed by atoms with van der Waals surface area (Å²) in [5.41, 5.74) is 0.234. The molecular formula is C17H19N3O4. The zero-order chi connectivity index (χ0) is 16.7. The molecular weight excluding hydrogens is 310 g/mol. The van der Waals surface area contributed by atoms with Crippen molar-refractivity contribution in [1.82, 2.24) is 14.3 Å². The van der Waals surface area contributed by atoms with Crippen LogP contribution in [-0.4, -0.2) is 57.2 Å². The highest BCUT2D eigenvalue weighted by Gasteiger charge is 2.43. The van der Waals surface area contributed by atoms with E-state index in [1.54, 1.807) is 29.3 Å². The molecule has 0 bridgehead atoms. The van der Waals surface area contributed by atoms with Crippen molar-refractivity contribution >= 4 is 11.6 Å². The molecule has 2 aromatic rings. The largest absolute Gasteiger partial charge is 0.396 e. The van der Waals surface area contributed by atoms with E-state index in [2.05, 4.69) is 4.98 Å². The van der Waals surface area contributed by atoms with Crippen molar-refractivity contribution in [2.24, 2.45) is 5.92 Å². The van der Waals surface area contributed by atoms with Crippen LogP contribution in [0.3, 0.4) is 0 Å². The van der Waals surface area contributed by atoms with E-state index in [1.807, 2.05) is 0 Å². The topological polar surface area (TPSA) is 84.1 Å². The predicted octanol–water partition coefficient (Wildman–Crippen LogP) is 0.306. The maximum absolute atomic E-state index is 13.0. The van der Waals surface area contributed by atoms with Crippen LogP contribution in [0, 0.1) is 5.92 Å². The molecule has 1 N–H and O–H groups in total. The Morgan fingerprint density at radius 1 is 1.38 bits per heavy atom. The molecule has 2 fully saturated rings. The van der Waals surface area contributed by atoms with E-state index in [1.165, 1.54) is 10.6 Å². The van der Waals surface area contributed by atoms with Gasteiger partial charge in [-0.1, -0.05) is 6.07 Å². The molecule has 126 valence electrons. The normalized spacial score (nSPS) is 26.5. The van der Waals surface area contributed by atoms with E-state index in [-0.39, 0.29) is 41.7 Å². The van der Waals surface area contributed by atoms with Gasteiger partial charge in [-0.3, -0.25) is 14.0 Å². The van der Waals surface area contributed by atoms with Gasteiger partial charge < -0.3 is 14.7 Å². The number of aliphatic hydroxyl groups is 1. The van der Waals surface area contributed by atoms with Gasteiger partial charge >= 0.3 is 0 Å². The third kappa shape index (κ3) is 2.40. The molecule has 1 saturated heterocycles. The number of pyridine rings is 1. The smallest absolute Gasteiger partial charge is 0.270 e. The molecule has 1 amide bonds. The summed E-state index contributed by atoms with van der Waals surface area (Å²) < 4.78 is 7.13. The molecule has 4 rings (SSSR count). The molecule has 0 aromatic carbocycles. The zero-order valence-corrected chi connectivity index (χ0v) is 13.2. The van der Waals surface area contributed by atoms with Crippen molar-refractivity contribution in [3.05, 3.63) is 46.5 Å². The van der Waals surface area contributed by atoms with E-state index in [9.17, 15) is 14.7 Å². The van der Waals surface area contributed by atoms with Crippen LogP contribution < -0.4 is 5.56 Å². The summed E-state index contributed by atoms with van der Waals surface area (Å²) in [4.78, 5) is 31.5. The molecule has 2 aromatic heterocycles. The van der Waals surface area contributed by atoms with Gasteiger partial charge in [0.25, 0.3) is 11.5 Å². The average Bonchev–Trinajstić information content (AvgIpc) is 3.05. The lowest BCUT2D eigenvalue weighted by molar-refractivity contribution is -0.0449. The van der Waals surface area contributed by atoms with Gasteiger partial charge in [-0.25, -0.2) is 4.98 Å². The number of ether oxygens (including phenoxy) is 1. The third-order valence-corrected chi connectivity index (χ3v) is 5.00. The second-order valence-corrected chi connectivity index (χ2v) is 6.40. The Balaban J connectivity index is 1.68. The van der Waals surface area contributed by atoms with Gasteiger partial charge in [0.2, 0.25) is 0 Å². The molecule has 0 radical (unpaired) electrons. The molecule has 3 atom stereocenters. The summed E-state index contributed by atoms with van der Waals surface area (Å²) in [6, 6.07) is 5.17. The predicted molar refractivity (Wildman–Crippen MR) is 85.8 cm³/mol. The molecule has 1 aliphatic carbocycles. The maximum Gasteiger partial charge on any atom is 0.270 e. The first-order valence-electron chi connectivity index (χ1n) is 8.19. The Morgan fingerprint density at radius 2 is 2.25 bits per heavy atom. The van der Waals surface area contributed by atoms with Gasteiger partial charge in [0.15, 0.2) is 0 Å². The summed E-state index contributed by atoms with van der Waals surface area (Å²) in [6.07, 6.45) is 4.37. The summed E-state index contributed by atoms with van der Waals surface area (Å²) >= 11 is 0. The fourth-order valence-electron chi connectivity index (χ4n) is 3.78. The van der Waals surface area contributed by atoms with Gasteiger partial charge in [0.05, 0.1) is 18.8 Å². The van der Waals surface area contributed by atoms with Crippen molar-refractivity contribution < 1.29 is 14.6 Å². The second-order valence-electron chi connectivity index (χ2n) is 6.40. The van der Waals surface area contributed by atoms with Gasteiger partial charge in [-0.2, -0.15) is 0 Å². The zero-order valence-electron chi connectivity index (χ0n) is 13.2. The molecule has 2 aliphatic rings. The Kier molecular flexibility index (Phi) is 3.82. The van der Waals surface area contributed by atoms with E-state index >= 15 is 0 Å². The van der Waals surface area contributed by atoms with E-state index in [4.69, 9.17) is 4.74 Å². The van der Waals surface area contributed by atoms with Crippen LogP contribution in [0.4, 0.5) is 0 Å². The number of hydrogen-bond donors (Lipinski definition) is 1. The molecule has 1 unspecified atom stereocenters. The number of rotatable bonds is 2. The highest BCUT2D eigenvalue weighted by atomic mass is 16.5. The molecule has 1 aliphatic heterocycles. The molecule has 0 spiro atoms. The SMILES string of the molecule is O=C(c1cnc2ccccn2c1=O)N1CCOC2C[C@H](CO)C[C@@H]21. The first-order valence-corrected chi connectivity index (χ1v) is 8.19. The third-order valence-electron chi connectivity index (χ3n) is 5.00. The summed E-state index contributed by atoms with van der Waals surface area (Å²) in [5, 5.41) is 9.40.